The molecule has 0 saturated carbocycles. The van der Waals surface area contributed by atoms with Gasteiger partial charge in [-0.2, -0.15) is 0 Å². The van der Waals surface area contributed by atoms with Crippen LogP contribution in [0, 0.1) is 0 Å². The smallest absolute Gasteiger partial charge is 0.409 e. The molecule has 1 aromatic carbocycles. The summed E-state index contributed by atoms with van der Waals surface area (Å²) in [5, 5.41) is 8.76. The fourth-order valence-corrected chi connectivity index (χ4v) is 2.52. The lowest BCUT2D eigenvalue weighted by atomic mass is 10.1. The molecule has 1 N–H and O–H groups in total. The molecule has 120 valence electrons. The Morgan fingerprint density at radius 3 is 2.59 bits per heavy atom. The van der Waals surface area contributed by atoms with Crippen molar-refractivity contribution >= 4 is 17.7 Å². The van der Waals surface area contributed by atoms with Gasteiger partial charge in [0.25, 0.3) is 0 Å². The Labute approximate surface area is 130 Å². The van der Waals surface area contributed by atoms with Crippen LogP contribution in [0.3, 0.4) is 0 Å². The summed E-state index contributed by atoms with van der Waals surface area (Å²) in [6.45, 7) is 4.97. The van der Waals surface area contributed by atoms with E-state index in [4.69, 9.17) is 9.84 Å². The predicted octanol–water partition coefficient (Wildman–Crippen LogP) is 1.98. The van der Waals surface area contributed by atoms with Crippen LogP contribution in [0.1, 0.15) is 18.9 Å². The number of carbonyl (C=O) groups is 2. The second-order valence-electron chi connectivity index (χ2n) is 5.24. The van der Waals surface area contributed by atoms with Gasteiger partial charge in [-0.1, -0.05) is 12.1 Å². The summed E-state index contributed by atoms with van der Waals surface area (Å²) in [5.74, 6) is -0.784. The highest BCUT2D eigenvalue weighted by Gasteiger charge is 2.22. The van der Waals surface area contributed by atoms with E-state index >= 15 is 0 Å². The largest absolute Gasteiger partial charge is 0.481 e. The highest BCUT2D eigenvalue weighted by Crippen LogP contribution is 2.19. The fourth-order valence-electron chi connectivity index (χ4n) is 2.52. The van der Waals surface area contributed by atoms with E-state index in [9.17, 15) is 9.59 Å². The van der Waals surface area contributed by atoms with Gasteiger partial charge >= 0.3 is 12.1 Å². The molecular weight excluding hydrogens is 284 g/mol. The molecule has 22 heavy (non-hydrogen) atoms. The quantitative estimate of drug-likeness (QED) is 0.901. The molecule has 1 heterocycles. The maximum atomic E-state index is 11.7. The number of carboxylic acids is 1. The van der Waals surface area contributed by atoms with E-state index < -0.39 is 5.97 Å². The zero-order valence-corrected chi connectivity index (χ0v) is 12.8. The summed E-state index contributed by atoms with van der Waals surface area (Å²) in [4.78, 5) is 26.3. The van der Waals surface area contributed by atoms with Gasteiger partial charge < -0.3 is 19.6 Å². The molecular formula is C16H22N2O4. The maximum absolute atomic E-state index is 11.7. The number of carboxylic acid groups (broad SMARTS) is 1. The van der Waals surface area contributed by atoms with Gasteiger partial charge in [0.05, 0.1) is 6.61 Å². The Morgan fingerprint density at radius 2 is 1.95 bits per heavy atom. The van der Waals surface area contributed by atoms with Crippen molar-refractivity contribution in [2.75, 3.05) is 37.7 Å². The van der Waals surface area contributed by atoms with Crippen LogP contribution in [0.2, 0.25) is 0 Å². The number of piperazine rings is 1. The average Bonchev–Trinajstić information content (AvgIpc) is 2.53. The zero-order valence-electron chi connectivity index (χ0n) is 12.8. The van der Waals surface area contributed by atoms with Crippen LogP contribution < -0.4 is 4.90 Å². The van der Waals surface area contributed by atoms with Crippen molar-refractivity contribution in [2.45, 2.75) is 19.8 Å². The summed E-state index contributed by atoms with van der Waals surface area (Å²) in [6, 6.07) is 7.94. The number of amides is 1. The van der Waals surface area contributed by atoms with Gasteiger partial charge in [-0.25, -0.2) is 4.79 Å². The first-order valence-corrected chi connectivity index (χ1v) is 7.57. The molecule has 6 heteroatoms. The average molecular weight is 306 g/mol. The minimum absolute atomic E-state index is 0.139. The second-order valence-corrected chi connectivity index (χ2v) is 5.24. The standard InChI is InChI=1S/C16H22N2O4/c1-2-22-16(21)18-10-8-17(9-11-18)14-5-3-4-13(12-14)6-7-15(19)20/h3-5,12H,2,6-11H2,1H3,(H,19,20). The van der Waals surface area contributed by atoms with Gasteiger partial charge in [0.2, 0.25) is 0 Å². The number of benzene rings is 1. The van der Waals surface area contributed by atoms with Crippen LogP contribution in [0.15, 0.2) is 24.3 Å². The number of anilines is 1. The number of carbonyl (C=O) groups excluding carboxylic acids is 1. The van der Waals surface area contributed by atoms with Crippen LogP contribution in [-0.2, 0) is 16.0 Å². The van der Waals surface area contributed by atoms with Crippen molar-refractivity contribution in [2.24, 2.45) is 0 Å². The van der Waals surface area contributed by atoms with E-state index in [0.717, 1.165) is 24.3 Å². The summed E-state index contributed by atoms with van der Waals surface area (Å²) in [7, 11) is 0. The predicted molar refractivity (Wildman–Crippen MR) is 83.2 cm³/mol. The van der Waals surface area contributed by atoms with Crippen molar-refractivity contribution in [3.8, 4) is 0 Å². The van der Waals surface area contributed by atoms with E-state index in [-0.39, 0.29) is 12.5 Å². The highest BCUT2D eigenvalue weighted by molar-refractivity contribution is 5.68. The monoisotopic (exact) mass is 306 g/mol. The van der Waals surface area contributed by atoms with Crippen molar-refractivity contribution in [3.05, 3.63) is 29.8 Å². The molecule has 0 atom stereocenters. The molecule has 0 radical (unpaired) electrons. The van der Waals surface area contributed by atoms with Gasteiger partial charge in [-0.3, -0.25) is 4.79 Å². The molecule has 2 rings (SSSR count). The Hall–Kier alpha value is -2.24. The molecule has 1 saturated heterocycles. The van der Waals surface area contributed by atoms with Gasteiger partial charge in [-0.15, -0.1) is 0 Å². The van der Waals surface area contributed by atoms with E-state index in [1.54, 1.807) is 11.8 Å². The third-order valence-corrected chi connectivity index (χ3v) is 3.71. The normalized spacial score (nSPS) is 14.8. The third kappa shape index (κ3) is 4.38. The summed E-state index contributed by atoms with van der Waals surface area (Å²) in [6.07, 6.45) is 0.420. The Kier molecular flexibility index (Phi) is 5.63. The van der Waals surface area contributed by atoms with Crippen LogP contribution in [0.25, 0.3) is 0 Å². The van der Waals surface area contributed by atoms with Crippen LogP contribution >= 0.6 is 0 Å². The lowest BCUT2D eigenvalue weighted by Crippen LogP contribution is -2.49. The number of hydrogen-bond donors (Lipinski definition) is 1. The Bertz CT molecular complexity index is 525. The molecule has 0 aliphatic carbocycles. The summed E-state index contributed by atoms with van der Waals surface area (Å²) < 4.78 is 5.01. The lowest BCUT2D eigenvalue weighted by Gasteiger charge is -2.35. The highest BCUT2D eigenvalue weighted by atomic mass is 16.6. The van der Waals surface area contributed by atoms with Crippen molar-refractivity contribution in [1.29, 1.82) is 0 Å². The van der Waals surface area contributed by atoms with Crippen LogP contribution in [-0.4, -0.2) is 54.9 Å². The van der Waals surface area contributed by atoms with E-state index in [2.05, 4.69) is 4.90 Å². The number of nitrogens with zero attached hydrogens (tertiary/aromatic N) is 2. The Balaban J connectivity index is 1.92. The van der Waals surface area contributed by atoms with Crippen molar-refractivity contribution < 1.29 is 19.4 Å². The molecule has 0 aromatic heterocycles. The summed E-state index contributed by atoms with van der Waals surface area (Å²) >= 11 is 0. The van der Waals surface area contributed by atoms with Crippen LogP contribution in [0.5, 0.6) is 0 Å². The minimum Gasteiger partial charge on any atom is -0.481 e. The van der Waals surface area contributed by atoms with Crippen LogP contribution in [0.4, 0.5) is 10.5 Å². The Morgan fingerprint density at radius 1 is 1.23 bits per heavy atom. The summed E-state index contributed by atoms with van der Waals surface area (Å²) in [5.41, 5.74) is 2.10. The van der Waals surface area contributed by atoms with Gasteiger partial charge in [0.1, 0.15) is 0 Å². The number of rotatable bonds is 5. The molecule has 6 nitrogen and oxygen atoms in total. The fraction of sp³-hybridized carbons (Fsp3) is 0.500. The number of aryl methyl sites for hydroxylation is 1. The molecule has 1 aliphatic rings. The topological polar surface area (TPSA) is 70.1 Å². The molecule has 1 aromatic rings. The molecule has 1 amide bonds. The SMILES string of the molecule is CCOC(=O)N1CCN(c2cccc(CCC(=O)O)c2)CC1. The molecule has 1 fully saturated rings. The van der Waals surface area contributed by atoms with E-state index in [1.165, 1.54) is 0 Å². The van der Waals surface area contributed by atoms with Gasteiger partial charge in [-0.05, 0) is 31.0 Å². The molecule has 0 unspecified atom stereocenters. The zero-order chi connectivity index (χ0) is 15.9. The number of aliphatic carboxylic acids is 1. The lowest BCUT2D eigenvalue weighted by molar-refractivity contribution is -0.136. The van der Waals surface area contributed by atoms with Crippen molar-refractivity contribution in [1.82, 2.24) is 4.90 Å². The number of ether oxygens (including phenoxy) is 1. The maximum Gasteiger partial charge on any atom is 0.409 e. The number of hydrogen-bond acceptors (Lipinski definition) is 4. The van der Waals surface area contributed by atoms with Gasteiger partial charge in [0.15, 0.2) is 0 Å². The first-order chi connectivity index (χ1) is 10.6. The van der Waals surface area contributed by atoms with Crippen molar-refractivity contribution in [3.63, 3.8) is 0 Å². The first kappa shape index (κ1) is 16.1. The van der Waals surface area contributed by atoms with E-state index in [0.29, 0.717) is 26.1 Å². The molecule has 0 bridgehead atoms. The van der Waals surface area contributed by atoms with E-state index in [1.807, 2.05) is 24.3 Å². The third-order valence-electron chi connectivity index (χ3n) is 3.71. The van der Waals surface area contributed by atoms with Gasteiger partial charge in [0, 0.05) is 38.3 Å². The minimum atomic E-state index is -0.784. The molecule has 0 spiro atoms. The first-order valence-electron chi connectivity index (χ1n) is 7.57. The second kappa shape index (κ2) is 7.68. The molecule has 1 aliphatic heterocycles.